The zero-order chi connectivity index (χ0) is 14.9. The number of thiophene rings is 1. The van der Waals surface area contributed by atoms with Crippen LogP contribution in [0.5, 0.6) is 0 Å². The molecule has 0 aliphatic heterocycles. The predicted octanol–water partition coefficient (Wildman–Crippen LogP) is 5.09. The molecule has 2 rings (SSSR count). The Morgan fingerprint density at radius 2 is 1.80 bits per heavy atom. The number of hydrogen-bond donors (Lipinski definition) is 1. The maximum Gasteiger partial charge on any atom is 0.416 e. The molecule has 1 atom stereocenters. The maximum atomic E-state index is 12.7. The van der Waals surface area contributed by atoms with Crippen molar-refractivity contribution in [3.05, 3.63) is 46.8 Å². The summed E-state index contributed by atoms with van der Waals surface area (Å²) in [6.45, 7) is 4.04. The average molecular weight is 299 g/mol. The minimum absolute atomic E-state index is 0.0838. The molecule has 1 unspecified atom stereocenters. The van der Waals surface area contributed by atoms with Gasteiger partial charge in [0.1, 0.15) is 0 Å². The molecule has 108 valence electrons. The SMILES string of the molecule is CC(C)C(N)c1ccc(-c2cccc(C(F)(F)F)c2)s1. The Morgan fingerprint density at radius 1 is 1.10 bits per heavy atom. The third kappa shape index (κ3) is 3.22. The van der Waals surface area contributed by atoms with Crippen LogP contribution in [-0.2, 0) is 6.18 Å². The Balaban J connectivity index is 2.33. The number of benzene rings is 1. The highest BCUT2D eigenvalue weighted by Gasteiger charge is 2.30. The lowest BCUT2D eigenvalue weighted by molar-refractivity contribution is -0.137. The van der Waals surface area contributed by atoms with Crippen molar-refractivity contribution in [1.29, 1.82) is 0 Å². The first-order chi connectivity index (χ1) is 9.29. The molecule has 1 heterocycles. The van der Waals surface area contributed by atoms with Crippen molar-refractivity contribution < 1.29 is 13.2 Å². The molecule has 20 heavy (non-hydrogen) atoms. The fraction of sp³-hybridized carbons (Fsp3) is 0.333. The lowest BCUT2D eigenvalue weighted by Crippen LogP contribution is -2.14. The van der Waals surface area contributed by atoms with Crippen molar-refractivity contribution in [3.8, 4) is 10.4 Å². The van der Waals surface area contributed by atoms with E-state index in [-0.39, 0.29) is 6.04 Å². The lowest BCUT2D eigenvalue weighted by atomic mass is 10.0. The van der Waals surface area contributed by atoms with Gasteiger partial charge in [0.25, 0.3) is 0 Å². The zero-order valence-electron chi connectivity index (χ0n) is 11.2. The summed E-state index contributed by atoms with van der Waals surface area (Å²) in [4.78, 5) is 1.80. The first-order valence-corrected chi connectivity index (χ1v) is 7.13. The van der Waals surface area contributed by atoms with E-state index < -0.39 is 11.7 Å². The molecule has 1 nitrogen and oxygen atoms in total. The van der Waals surface area contributed by atoms with Gasteiger partial charge in [-0.2, -0.15) is 13.2 Å². The second-order valence-corrected chi connectivity index (χ2v) is 6.17. The topological polar surface area (TPSA) is 26.0 Å². The minimum Gasteiger partial charge on any atom is -0.323 e. The predicted molar refractivity (Wildman–Crippen MR) is 76.5 cm³/mol. The van der Waals surface area contributed by atoms with E-state index in [0.717, 1.165) is 15.8 Å². The van der Waals surface area contributed by atoms with Gasteiger partial charge in [0.2, 0.25) is 0 Å². The second kappa shape index (κ2) is 5.58. The summed E-state index contributed by atoms with van der Waals surface area (Å²) >= 11 is 1.45. The van der Waals surface area contributed by atoms with Gasteiger partial charge < -0.3 is 5.73 Å². The van der Waals surface area contributed by atoms with Crippen LogP contribution in [0.25, 0.3) is 10.4 Å². The van der Waals surface area contributed by atoms with Crippen molar-refractivity contribution in [2.24, 2.45) is 11.7 Å². The maximum absolute atomic E-state index is 12.7. The monoisotopic (exact) mass is 299 g/mol. The van der Waals surface area contributed by atoms with Crippen LogP contribution < -0.4 is 5.73 Å². The summed E-state index contributed by atoms with van der Waals surface area (Å²) < 4.78 is 38.1. The molecule has 0 spiro atoms. The highest BCUT2D eigenvalue weighted by molar-refractivity contribution is 7.15. The van der Waals surface area contributed by atoms with Crippen LogP contribution in [0.2, 0.25) is 0 Å². The van der Waals surface area contributed by atoms with E-state index in [4.69, 9.17) is 5.73 Å². The van der Waals surface area contributed by atoms with E-state index >= 15 is 0 Å². The number of halogens is 3. The van der Waals surface area contributed by atoms with Crippen LogP contribution in [0, 0.1) is 5.92 Å². The van der Waals surface area contributed by atoms with Crippen LogP contribution >= 0.6 is 11.3 Å². The van der Waals surface area contributed by atoms with Crippen LogP contribution in [0.1, 0.15) is 30.3 Å². The van der Waals surface area contributed by atoms with Crippen molar-refractivity contribution in [2.75, 3.05) is 0 Å². The van der Waals surface area contributed by atoms with Gasteiger partial charge >= 0.3 is 6.18 Å². The average Bonchev–Trinajstić information content (AvgIpc) is 2.86. The molecule has 1 aromatic carbocycles. The van der Waals surface area contributed by atoms with Crippen molar-refractivity contribution in [2.45, 2.75) is 26.1 Å². The Bertz CT molecular complexity index is 587. The van der Waals surface area contributed by atoms with Gasteiger partial charge in [-0.3, -0.25) is 0 Å². The van der Waals surface area contributed by atoms with Crippen LogP contribution in [-0.4, -0.2) is 0 Å². The largest absolute Gasteiger partial charge is 0.416 e. The Hall–Kier alpha value is -1.33. The van der Waals surface area contributed by atoms with Gasteiger partial charge in [-0.25, -0.2) is 0 Å². The second-order valence-electron chi connectivity index (χ2n) is 5.05. The molecule has 2 N–H and O–H groups in total. The number of alkyl halides is 3. The number of nitrogens with two attached hydrogens (primary N) is 1. The summed E-state index contributed by atoms with van der Waals surface area (Å²) in [6.07, 6.45) is -4.32. The quantitative estimate of drug-likeness (QED) is 0.839. The molecule has 2 aromatic rings. The Morgan fingerprint density at radius 3 is 2.40 bits per heavy atom. The first kappa shape index (κ1) is 15.1. The molecule has 1 aromatic heterocycles. The molecular formula is C15H16F3NS. The molecule has 0 bridgehead atoms. The third-order valence-electron chi connectivity index (χ3n) is 3.15. The zero-order valence-corrected chi connectivity index (χ0v) is 12.1. The van der Waals surface area contributed by atoms with Crippen molar-refractivity contribution >= 4 is 11.3 Å². The molecule has 0 radical (unpaired) electrons. The summed E-state index contributed by atoms with van der Waals surface area (Å²) in [5, 5.41) is 0. The standard InChI is InChI=1S/C15H16F3NS/c1-9(2)14(19)13-7-6-12(20-13)10-4-3-5-11(8-10)15(16,17)18/h3-9,14H,19H2,1-2H3. The van der Waals surface area contributed by atoms with E-state index in [1.165, 1.54) is 23.5 Å². The molecule has 5 heteroatoms. The van der Waals surface area contributed by atoms with Gasteiger partial charge in [0, 0.05) is 15.8 Å². The van der Waals surface area contributed by atoms with Crippen LogP contribution in [0.3, 0.4) is 0 Å². The van der Waals surface area contributed by atoms with E-state index in [0.29, 0.717) is 11.5 Å². The highest BCUT2D eigenvalue weighted by Crippen LogP contribution is 2.36. The van der Waals surface area contributed by atoms with E-state index in [9.17, 15) is 13.2 Å². The van der Waals surface area contributed by atoms with E-state index in [1.807, 2.05) is 26.0 Å². The summed E-state index contributed by atoms with van der Waals surface area (Å²) in [7, 11) is 0. The normalized spacial score (nSPS) is 13.8. The van der Waals surface area contributed by atoms with Gasteiger partial charge in [0.15, 0.2) is 0 Å². The number of hydrogen-bond acceptors (Lipinski definition) is 2. The van der Waals surface area contributed by atoms with Crippen molar-refractivity contribution in [1.82, 2.24) is 0 Å². The molecule has 0 saturated heterocycles. The fourth-order valence-electron chi connectivity index (χ4n) is 1.86. The fourth-order valence-corrected chi connectivity index (χ4v) is 3.04. The highest BCUT2D eigenvalue weighted by atomic mass is 32.1. The molecular weight excluding hydrogens is 283 g/mol. The third-order valence-corrected chi connectivity index (χ3v) is 4.38. The first-order valence-electron chi connectivity index (χ1n) is 6.32. The minimum atomic E-state index is -4.32. The molecule has 0 aliphatic carbocycles. The Labute approximate surface area is 120 Å². The van der Waals surface area contributed by atoms with Gasteiger partial charge in [-0.15, -0.1) is 11.3 Å². The van der Waals surface area contributed by atoms with Crippen LogP contribution in [0.15, 0.2) is 36.4 Å². The smallest absolute Gasteiger partial charge is 0.323 e. The van der Waals surface area contributed by atoms with E-state index in [2.05, 4.69) is 0 Å². The molecule has 0 amide bonds. The van der Waals surface area contributed by atoms with E-state index in [1.54, 1.807) is 6.07 Å². The molecule has 0 aliphatic rings. The lowest BCUT2D eigenvalue weighted by Gasteiger charge is -2.13. The summed E-state index contributed by atoms with van der Waals surface area (Å²) in [6, 6.07) is 9.02. The molecule has 0 saturated carbocycles. The van der Waals surface area contributed by atoms with Gasteiger partial charge in [-0.1, -0.05) is 26.0 Å². The Kier molecular flexibility index (Phi) is 4.20. The number of rotatable bonds is 3. The molecule has 0 fully saturated rings. The van der Waals surface area contributed by atoms with Gasteiger partial charge in [0.05, 0.1) is 5.56 Å². The van der Waals surface area contributed by atoms with Crippen LogP contribution in [0.4, 0.5) is 13.2 Å². The van der Waals surface area contributed by atoms with Crippen molar-refractivity contribution in [3.63, 3.8) is 0 Å². The van der Waals surface area contributed by atoms with Gasteiger partial charge in [-0.05, 0) is 35.7 Å². The summed E-state index contributed by atoms with van der Waals surface area (Å²) in [5.74, 6) is 0.294. The summed E-state index contributed by atoms with van der Waals surface area (Å²) in [5.41, 5.74) is 6.01.